The number of aryl methyl sites for hydroxylation is 2. The first-order valence-electron chi connectivity index (χ1n) is 12.9. The molecule has 1 fully saturated rings. The van der Waals surface area contributed by atoms with Gasteiger partial charge in [0.25, 0.3) is 0 Å². The van der Waals surface area contributed by atoms with Crippen molar-refractivity contribution in [2.75, 3.05) is 38.2 Å². The van der Waals surface area contributed by atoms with Gasteiger partial charge in [0.15, 0.2) is 9.84 Å². The number of nitrogens with zero attached hydrogens (tertiary/aromatic N) is 2. The molecule has 3 aromatic carbocycles. The lowest BCUT2D eigenvalue weighted by Crippen LogP contribution is -2.46. The molecular formula is C30H38N2O3S. The highest BCUT2D eigenvalue weighted by atomic mass is 32.2. The summed E-state index contributed by atoms with van der Waals surface area (Å²) in [4.78, 5) is 5.17. The molecule has 0 amide bonds. The Morgan fingerprint density at radius 1 is 0.889 bits per heavy atom. The van der Waals surface area contributed by atoms with Crippen LogP contribution in [0.3, 0.4) is 0 Å². The summed E-state index contributed by atoms with van der Waals surface area (Å²) >= 11 is 0. The topological polar surface area (TPSA) is 49.9 Å². The zero-order chi connectivity index (χ0) is 25.5. The minimum Gasteiger partial charge on any atom is -0.495 e. The van der Waals surface area contributed by atoms with Crippen molar-refractivity contribution < 1.29 is 13.2 Å². The van der Waals surface area contributed by atoms with Crippen LogP contribution < -0.4 is 9.64 Å². The number of hydrogen-bond donors (Lipinski definition) is 0. The van der Waals surface area contributed by atoms with Crippen LogP contribution >= 0.6 is 0 Å². The number of sulfone groups is 1. The maximum absolute atomic E-state index is 13.2. The smallest absolute Gasteiger partial charge is 0.182 e. The Morgan fingerprint density at radius 2 is 1.58 bits per heavy atom. The van der Waals surface area contributed by atoms with Gasteiger partial charge >= 0.3 is 0 Å². The number of benzene rings is 3. The van der Waals surface area contributed by atoms with Gasteiger partial charge in [-0.2, -0.15) is 0 Å². The van der Waals surface area contributed by atoms with Crippen molar-refractivity contribution in [2.24, 2.45) is 0 Å². The second kappa shape index (κ2) is 11.9. The van der Waals surface area contributed by atoms with Crippen molar-refractivity contribution in [2.45, 2.75) is 50.3 Å². The first kappa shape index (κ1) is 26.2. The van der Waals surface area contributed by atoms with Gasteiger partial charge in [0.2, 0.25) is 0 Å². The lowest BCUT2D eigenvalue weighted by Gasteiger charge is -2.36. The largest absolute Gasteiger partial charge is 0.495 e. The number of hydrogen-bond acceptors (Lipinski definition) is 5. The van der Waals surface area contributed by atoms with E-state index in [4.69, 9.17) is 4.74 Å². The predicted molar refractivity (Wildman–Crippen MR) is 148 cm³/mol. The summed E-state index contributed by atoms with van der Waals surface area (Å²) in [5, 5.41) is 0. The average Bonchev–Trinajstić information content (AvgIpc) is 2.89. The molecule has 0 radical (unpaired) electrons. The molecule has 0 bridgehead atoms. The number of methoxy groups -OCH3 is 1. The van der Waals surface area contributed by atoms with Crippen LogP contribution in [-0.4, -0.2) is 46.6 Å². The molecule has 0 spiro atoms. The zero-order valence-electron chi connectivity index (χ0n) is 21.7. The maximum atomic E-state index is 13.2. The van der Waals surface area contributed by atoms with Gasteiger partial charge in [-0.1, -0.05) is 55.8 Å². The van der Waals surface area contributed by atoms with Crippen LogP contribution in [-0.2, 0) is 28.6 Å². The number of anilines is 1. The van der Waals surface area contributed by atoms with Crippen LogP contribution in [0.25, 0.3) is 0 Å². The third-order valence-corrected chi connectivity index (χ3v) is 8.76. The number of ether oxygens (including phenoxy) is 1. The first-order chi connectivity index (χ1) is 17.4. The Labute approximate surface area is 216 Å². The lowest BCUT2D eigenvalue weighted by molar-refractivity contribution is 0.248. The molecular weight excluding hydrogens is 468 g/mol. The van der Waals surface area contributed by atoms with Crippen molar-refractivity contribution in [3.8, 4) is 5.75 Å². The Kier molecular flexibility index (Phi) is 8.70. The van der Waals surface area contributed by atoms with Crippen LogP contribution in [0, 0.1) is 6.92 Å². The predicted octanol–water partition coefficient (Wildman–Crippen LogP) is 5.64. The van der Waals surface area contributed by atoms with Crippen LogP contribution in [0.4, 0.5) is 5.69 Å². The van der Waals surface area contributed by atoms with E-state index in [0.29, 0.717) is 4.90 Å². The summed E-state index contributed by atoms with van der Waals surface area (Å²) in [6.07, 6.45) is 3.35. The molecule has 0 atom stereocenters. The summed E-state index contributed by atoms with van der Waals surface area (Å²) in [5.74, 6) is 0.927. The monoisotopic (exact) mass is 506 g/mol. The van der Waals surface area contributed by atoms with Crippen molar-refractivity contribution in [3.05, 3.63) is 89.0 Å². The van der Waals surface area contributed by atoms with E-state index in [-0.39, 0.29) is 5.75 Å². The highest BCUT2D eigenvalue weighted by Gasteiger charge is 2.22. The van der Waals surface area contributed by atoms with E-state index < -0.39 is 9.84 Å². The number of rotatable bonds is 10. The SMILES string of the molecule is CCCCc1ccc(CS(=O)(=O)c2ccc(C)c(CN3CCN(c4ccccc4OC)CC3)c2)cc1. The highest BCUT2D eigenvalue weighted by molar-refractivity contribution is 7.90. The fourth-order valence-electron chi connectivity index (χ4n) is 4.78. The fourth-order valence-corrected chi connectivity index (χ4v) is 6.17. The second-order valence-corrected chi connectivity index (χ2v) is 11.7. The molecule has 1 aliphatic heterocycles. The van der Waals surface area contributed by atoms with Gasteiger partial charge in [0.05, 0.1) is 23.4 Å². The molecule has 5 nitrogen and oxygen atoms in total. The number of unbranched alkanes of at least 4 members (excludes halogenated alkanes) is 1. The number of piperazine rings is 1. The maximum Gasteiger partial charge on any atom is 0.182 e. The van der Waals surface area contributed by atoms with Crippen molar-refractivity contribution >= 4 is 15.5 Å². The highest BCUT2D eigenvalue weighted by Crippen LogP contribution is 2.29. The Bertz CT molecular complexity index is 1250. The standard InChI is InChI=1S/C30H38N2O3S/c1-4-5-8-25-12-14-26(15-13-25)23-36(33,34)28-16-11-24(2)27(21-28)22-31-17-19-32(20-18-31)29-9-6-7-10-30(29)35-3/h6-7,9-16,21H,4-5,8,17-20,22-23H2,1-3H3. The molecule has 0 aromatic heterocycles. The summed E-state index contributed by atoms with van der Waals surface area (Å²) in [5.41, 5.74) is 5.44. The summed E-state index contributed by atoms with van der Waals surface area (Å²) in [7, 11) is -1.71. The third kappa shape index (κ3) is 6.48. The fraction of sp³-hybridized carbons (Fsp3) is 0.400. The molecule has 36 heavy (non-hydrogen) atoms. The van der Waals surface area contributed by atoms with E-state index in [9.17, 15) is 8.42 Å². The minimum atomic E-state index is -3.42. The van der Waals surface area contributed by atoms with Crippen LogP contribution in [0.1, 0.15) is 42.0 Å². The Hall–Kier alpha value is -2.83. The summed E-state index contributed by atoms with van der Waals surface area (Å²) < 4.78 is 32.0. The quantitative estimate of drug-likeness (QED) is 0.356. The van der Waals surface area contributed by atoms with Crippen molar-refractivity contribution in [3.63, 3.8) is 0 Å². The first-order valence-corrected chi connectivity index (χ1v) is 14.6. The van der Waals surface area contributed by atoms with Crippen LogP contribution in [0.5, 0.6) is 5.75 Å². The van der Waals surface area contributed by atoms with Gasteiger partial charge < -0.3 is 9.64 Å². The van der Waals surface area contributed by atoms with Gasteiger partial charge in [-0.05, 0) is 66.3 Å². The van der Waals surface area contributed by atoms with E-state index in [0.717, 1.165) is 80.1 Å². The Balaban J connectivity index is 1.40. The van der Waals surface area contributed by atoms with E-state index in [1.165, 1.54) is 5.56 Å². The molecule has 192 valence electrons. The molecule has 0 aliphatic carbocycles. The average molecular weight is 507 g/mol. The van der Waals surface area contributed by atoms with Crippen molar-refractivity contribution in [1.82, 2.24) is 4.90 Å². The second-order valence-electron chi connectivity index (χ2n) is 9.70. The molecule has 1 aliphatic rings. The summed E-state index contributed by atoms with van der Waals surface area (Å²) in [6.45, 7) is 8.64. The minimum absolute atomic E-state index is 0.0289. The molecule has 0 unspecified atom stereocenters. The van der Waals surface area contributed by atoms with E-state index in [1.807, 2.05) is 42.5 Å². The van der Waals surface area contributed by atoms with Crippen LogP contribution in [0.15, 0.2) is 71.6 Å². The van der Waals surface area contributed by atoms with Gasteiger partial charge in [-0.3, -0.25) is 4.90 Å². The molecule has 3 aromatic rings. The van der Waals surface area contributed by atoms with Gasteiger partial charge in [0, 0.05) is 32.7 Å². The van der Waals surface area contributed by atoms with Crippen LogP contribution in [0.2, 0.25) is 0 Å². The van der Waals surface area contributed by atoms with Crippen molar-refractivity contribution in [1.29, 1.82) is 0 Å². The van der Waals surface area contributed by atoms with E-state index >= 15 is 0 Å². The molecule has 6 heteroatoms. The molecule has 1 saturated heterocycles. The van der Waals surface area contributed by atoms with Gasteiger partial charge in [-0.25, -0.2) is 8.42 Å². The lowest BCUT2D eigenvalue weighted by atomic mass is 10.1. The number of para-hydroxylation sites is 2. The zero-order valence-corrected chi connectivity index (χ0v) is 22.6. The molecule has 4 rings (SSSR count). The molecule has 0 N–H and O–H groups in total. The van der Waals surface area contributed by atoms with Gasteiger partial charge in [-0.15, -0.1) is 0 Å². The summed E-state index contributed by atoms with van der Waals surface area (Å²) in [6, 6.07) is 21.8. The Morgan fingerprint density at radius 3 is 2.28 bits per heavy atom. The third-order valence-electron chi connectivity index (χ3n) is 7.07. The normalized spacial score (nSPS) is 14.7. The molecule has 1 heterocycles. The van der Waals surface area contributed by atoms with E-state index in [1.54, 1.807) is 13.2 Å². The molecule has 0 saturated carbocycles. The van der Waals surface area contributed by atoms with Gasteiger partial charge in [0.1, 0.15) is 5.75 Å². The van der Waals surface area contributed by atoms with E-state index in [2.05, 4.69) is 41.8 Å².